The van der Waals surface area contributed by atoms with Gasteiger partial charge >= 0.3 is 0 Å². The highest BCUT2D eigenvalue weighted by atomic mass is 35.5. The fourth-order valence-electron chi connectivity index (χ4n) is 2.84. The van der Waals surface area contributed by atoms with E-state index in [4.69, 9.17) is 16.3 Å². The Morgan fingerprint density at radius 1 is 1.39 bits per heavy atom. The Balaban J connectivity index is 1.88. The van der Waals surface area contributed by atoms with Crippen LogP contribution in [0, 0.1) is 5.92 Å². The van der Waals surface area contributed by atoms with Crippen molar-refractivity contribution < 1.29 is 14.6 Å². The van der Waals surface area contributed by atoms with Crippen LogP contribution in [0.2, 0.25) is 5.02 Å². The number of nitrogens with one attached hydrogen (secondary N) is 1. The van der Waals surface area contributed by atoms with Crippen molar-refractivity contribution in [2.75, 3.05) is 19.8 Å². The van der Waals surface area contributed by atoms with Crippen LogP contribution in [0.15, 0.2) is 24.3 Å². The third-order valence-electron chi connectivity index (χ3n) is 4.28. The molecule has 1 aromatic rings. The van der Waals surface area contributed by atoms with Crippen molar-refractivity contribution in [1.82, 2.24) is 5.32 Å². The molecular weight excluding hydrogens is 314 g/mol. The van der Waals surface area contributed by atoms with Crippen LogP contribution >= 0.6 is 11.6 Å². The molecule has 0 radical (unpaired) electrons. The Kier molecular flexibility index (Phi) is 6.45. The van der Waals surface area contributed by atoms with Crippen LogP contribution in [0.3, 0.4) is 0 Å². The van der Waals surface area contributed by atoms with Gasteiger partial charge < -0.3 is 15.2 Å². The Morgan fingerprint density at radius 2 is 2.13 bits per heavy atom. The van der Waals surface area contributed by atoms with Crippen LogP contribution < -0.4 is 5.32 Å². The fourth-order valence-corrected chi connectivity index (χ4v) is 3.03. The lowest BCUT2D eigenvalue weighted by molar-refractivity contribution is -0.130. The monoisotopic (exact) mass is 339 g/mol. The van der Waals surface area contributed by atoms with Crippen molar-refractivity contribution in [2.24, 2.45) is 5.92 Å². The topological polar surface area (TPSA) is 58.6 Å². The summed E-state index contributed by atoms with van der Waals surface area (Å²) in [4.78, 5) is 12.6. The van der Waals surface area contributed by atoms with Crippen LogP contribution in [0.4, 0.5) is 0 Å². The number of aliphatic hydroxyl groups excluding tert-OH is 1. The van der Waals surface area contributed by atoms with Gasteiger partial charge in [0.15, 0.2) is 0 Å². The summed E-state index contributed by atoms with van der Waals surface area (Å²) in [5.41, 5.74) is 0.461. The molecule has 2 N–H and O–H groups in total. The summed E-state index contributed by atoms with van der Waals surface area (Å²) in [6.45, 7) is 5.17. The Labute approximate surface area is 143 Å². The zero-order valence-corrected chi connectivity index (χ0v) is 14.6. The first-order valence-corrected chi connectivity index (χ1v) is 8.62. The first kappa shape index (κ1) is 18.2. The Hall–Kier alpha value is -1.10. The zero-order chi connectivity index (χ0) is 16.9. The minimum absolute atomic E-state index is 0.0334. The molecule has 0 saturated heterocycles. The van der Waals surface area contributed by atoms with Crippen LogP contribution in [0.5, 0.6) is 0 Å². The lowest BCUT2D eigenvalue weighted by Crippen LogP contribution is -2.51. The summed E-state index contributed by atoms with van der Waals surface area (Å²) in [6, 6.07) is 7.50. The highest BCUT2D eigenvalue weighted by molar-refractivity contribution is 6.30. The summed E-state index contributed by atoms with van der Waals surface area (Å²) in [5.74, 6) is 0.395. The zero-order valence-electron chi connectivity index (χ0n) is 13.8. The maximum atomic E-state index is 12.6. The van der Waals surface area contributed by atoms with E-state index >= 15 is 0 Å². The third kappa shape index (κ3) is 4.69. The van der Waals surface area contributed by atoms with Gasteiger partial charge in [0.2, 0.25) is 5.91 Å². The number of carbonyl (C=O) groups excluding carboxylic acids is 1. The van der Waals surface area contributed by atoms with Gasteiger partial charge in [-0.25, -0.2) is 0 Å². The van der Waals surface area contributed by atoms with Gasteiger partial charge in [-0.15, -0.1) is 0 Å². The molecule has 2 rings (SSSR count). The molecule has 0 aliphatic heterocycles. The van der Waals surface area contributed by atoms with Crippen molar-refractivity contribution in [3.63, 3.8) is 0 Å². The molecule has 1 amide bonds. The van der Waals surface area contributed by atoms with Gasteiger partial charge in [0.1, 0.15) is 0 Å². The second-order valence-corrected chi connectivity index (χ2v) is 7.18. The lowest BCUT2D eigenvalue weighted by Gasteiger charge is -2.41. The minimum atomic E-state index is -0.686. The van der Waals surface area contributed by atoms with Crippen molar-refractivity contribution in [3.8, 4) is 0 Å². The molecule has 0 spiro atoms. The lowest BCUT2D eigenvalue weighted by atomic mass is 9.64. The number of benzene rings is 1. The Bertz CT molecular complexity index is 529. The molecule has 1 saturated carbocycles. The highest BCUT2D eigenvalue weighted by Gasteiger charge is 2.45. The van der Waals surface area contributed by atoms with Crippen molar-refractivity contribution in [3.05, 3.63) is 34.9 Å². The number of carbonyl (C=O) groups is 1. The molecule has 4 nitrogen and oxygen atoms in total. The average molecular weight is 340 g/mol. The van der Waals surface area contributed by atoms with E-state index in [1.165, 1.54) is 0 Å². The molecular formula is C18H26ClNO3. The molecule has 0 bridgehead atoms. The molecule has 1 aliphatic carbocycles. The normalized spacial score (nSPS) is 17.6. The van der Waals surface area contributed by atoms with E-state index in [0.29, 0.717) is 17.5 Å². The molecule has 23 heavy (non-hydrogen) atoms. The molecule has 5 heteroatoms. The number of hydrogen-bond acceptors (Lipinski definition) is 3. The number of rotatable bonds is 8. The number of ether oxygens (including phenoxy) is 1. The van der Waals surface area contributed by atoms with E-state index in [9.17, 15) is 9.90 Å². The number of halogens is 1. The van der Waals surface area contributed by atoms with Gasteiger partial charge in [0.05, 0.1) is 18.1 Å². The molecule has 128 valence electrons. The maximum absolute atomic E-state index is 12.6. The second kappa shape index (κ2) is 8.13. The predicted octanol–water partition coefficient (Wildman–Crippen LogP) is 2.91. The first-order valence-electron chi connectivity index (χ1n) is 8.24. The predicted molar refractivity (Wildman–Crippen MR) is 91.7 cm³/mol. The van der Waals surface area contributed by atoms with Crippen molar-refractivity contribution in [1.29, 1.82) is 0 Å². The van der Waals surface area contributed by atoms with Gasteiger partial charge in [-0.1, -0.05) is 44.0 Å². The highest BCUT2D eigenvalue weighted by Crippen LogP contribution is 2.44. The first-order chi connectivity index (χ1) is 10.9. The van der Waals surface area contributed by atoms with Crippen LogP contribution in [0.25, 0.3) is 0 Å². The van der Waals surface area contributed by atoms with Gasteiger partial charge in [-0.05, 0) is 36.5 Å². The smallest absolute Gasteiger partial charge is 0.230 e. The molecule has 0 heterocycles. The van der Waals surface area contributed by atoms with Gasteiger partial charge in [-0.2, -0.15) is 0 Å². The maximum Gasteiger partial charge on any atom is 0.230 e. The molecule has 1 aromatic carbocycles. The van der Waals surface area contributed by atoms with E-state index in [2.05, 4.69) is 19.2 Å². The summed E-state index contributed by atoms with van der Waals surface area (Å²) in [5, 5.41) is 13.4. The quantitative estimate of drug-likeness (QED) is 0.765. The number of aliphatic hydroxyl groups is 1. The second-order valence-electron chi connectivity index (χ2n) is 6.74. The van der Waals surface area contributed by atoms with E-state index in [0.717, 1.165) is 24.8 Å². The average Bonchev–Trinajstić information content (AvgIpc) is 2.43. The van der Waals surface area contributed by atoms with Crippen LogP contribution in [-0.2, 0) is 14.9 Å². The molecule has 1 unspecified atom stereocenters. The van der Waals surface area contributed by atoms with E-state index in [1.54, 1.807) is 0 Å². The van der Waals surface area contributed by atoms with Gasteiger partial charge in [0.25, 0.3) is 0 Å². The molecule has 1 aliphatic rings. The van der Waals surface area contributed by atoms with Crippen molar-refractivity contribution in [2.45, 2.75) is 44.6 Å². The van der Waals surface area contributed by atoms with E-state index in [-0.39, 0.29) is 19.1 Å². The summed E-state index contributed by atoms with van der Waals surface area (Å²) in [6.07, 6.45) is 1.98. The van der Waals surface area contributed by atoms with Gasteiger partial charge in [0, 0.05) is 18.2 Å². The van der Waals surface area contributed by atoms with E-state index < -0.39 is 11.5 Å². The number of amides is 1. The molecule has 1 atom stereocenters. The van der Waals surface area contributed by atoms with E-state index in [1.807, 2.05) is 24.3 Å². The van der Waals surface area contributed by atoms with Crippen LogP contribution in [-0.4, -0.2) is 36.9 Å². The molecule has 0 aromatic heterocycles. The SMILES string of the molecule is CC(C)COCC(O)CNC(=O)C1(c2cccc(Cl)c2)CCC1. The fraction of sp³-hybridized carbons (Fsp3) is 0.611. The summed E-state index contributed by atoms with van der Waals surface area (Å²) < 4.78 is 5.40. The Morgan fingerprint density at radius 3 is 2.70 bits per heavy atom. The largest absolute Gasteiger partial charge is 0.389 e. The summed E-state index contributed by atoms with van der Waals surface area (Å²) >= 11 is 6.06. The minimum Gasteiger partial charge on any atom is -0.389 e. The third-order valence-corrected chi connectivity index (χ3v) is 4.51. The van der Waals surface area contributed by atoms with Crippen LogP contribution in [0.1, 0.15) is 38.7 Å². The summed E-state index contributed by atoms with van der Waals surface area (Å²) in [7, 11) is 0. The number of hydrogen-bond donors (Lipinski definition) is 2. The van der Waals surface area contributed by atoms with Gasteiger partial charge in [-0.3, -0.25) is 4.79 Å². The molecule has 1 fully saturated rings. The van der Waals surface area contributed by atoms with Crippen molar-refractivity contribution >= 4 is 17.5 Å². The standard InChI is InChI=1S/C18H26ClNO3/c1-13(2)11-23-12-16(21)10-20-17(22)18(7-4-8-18)14-5-3-6-15(19)9-14/h3,5-6,9,13,16,21H,4,7-8,10-12H2,1-2H3,(H,20,22).